The third kappa shape index (κ3) is 3.35. The van der Waals surface area contributed by atoms with E-state index in [0.717, 1.165) is 0 Å². The van der Waals surface area contributed by atoms with Crippen LogP contribution in [-0.4, -0.2) is 42.3 Å². The monoisotopic (exact) mass is 370 g/mol. The average Bonchev–Trinajstić information content (AvgIpc) is 2.90. The van der Waals surface area contributed by atoms with Crippen molar-refractivity contribution in [1.82, 2.24) is 0 Å². The number of hydrogen-bond acceptors (Lipinski definition) is 4. The second-order valence-corrected chi connectivity index (χ2v) is 10.5. The molecule has 2 fully saturated rings. The molecule has 0 bridgehead atoms. The molecule has 8 heteroatoms. The number of carbonyl (C=O) groups excluding carboxylic acids is 1. The first-order valence-corrected chi connectivity index (χ1v) is 10.3. The van der Waals surface area contributed by atoms with Crippen LogP contribution >= 0.6 is 11.8 Å². The number of nitrogens with zero attached hydrogens (tertiary/aromatic N) is 2. The van der Waals surface area contributed by atoms with Gasteiger partial charge in [0.1, 0.15) is 5.82 Å². The molecule has 2 aliphatic rings. The first kappa shape index (κ1) is 17.4. The number of hydrogen-bond donors (Lipinski definition) is 0. The van der Waals surface area contributed by atoms with Crippen LogP contribution in [0.2, 0.25) is 0 Å². The summed E-state index contributed by atoms with van der Waals surface area (Å²) in [5, 5.41) is 0.331. The van der Waals surface area contributed by atoms with Crippen LogP contribution in [0, 0.1) is 11.2 Å². The van der Waals surface area contributed by atoms with E-state index in [0.29, 0.717) is 10.9 Å². The summed E-state index contributed by atoms with van der Waals surface area (Å²) in [7, 11) is -3.11. The van der Waals surface area contributed by atoms with Crippen molar-refractivity contribution in [1.29, 1.82) is 0 Å². The summed E-state index contributed by atoms with van der Waals surface area (Å²) in [6.45, 7) is 5.35. The summed E-state index contributed by atoms with van der Waals surface area (Å²) in [5.41, 5.74) is 0.0279. The van der Waals surface area contributed by atoms with Crippen LogP contribution in [0.4, 0.5) is 10.1 Å². The van der Waals surface area contributed by atoms with Gasteiger partial charge in [0.25, 0.3) is 5.91 Å². The van der Waals surface area contributed by atoms with Gasteiger partial charge in [-0.25, -0.2) is 12.8 Å². The molecule has 2 saturated heterocycles. The predicted molar refractivity (Wildman–Crippen MR) is 94.6 cm³/mol. The minimum absolute atomic E-state index is 0.0186. The summed E-state index contributed by atoms with van der Waals surface area (Å²) in [4.78, 5) is 18.3. The topological polar surface area (TPSA) is 66.8 Å². The lowest BCUT2D eigenvalue weighted by molar-refractivity contribution is -0.124. The molecule has 0 aliphatic carbocycles. The lowest BCUT2D eigenvalue weighted by atomic mass is 9.96. The quantitative estimate of drug-likeness (QED) is 0.760. The molecule has 0 radical (unpaired) electrons. The van der Waals surface area contributed by atoms with Crippen molar-refractivity contribution >= 4 is 38.4 Å². The Kier molecular flexibility index (Phi) is 4.24. The number of sulfone groups is 1. The molecule has 1 aromatic rings. The lowest BCUT2D eigenvalue weighted by Gasteiger charge is -2.25. The minimum Gasteiger partial charge on any atom is -0.316 e. The van der Waals surface area contributed by atoms with E-state index in [1.165, 1.54) is 23.9 Å². The Bertz CT molecular complexity index is 798. The van der Waals surface area contributed by atoms with Gasteiger partial charge in [-0.1, -0.05) is 32.5 Å². The molecule has 3 rings (SSSR count). The number of aliphatic imine (C=N–C) groups is 1. The minimum atomic E-state index is -3.11. The van der Waals surface area contributed by atoms with Gasteiger partial charge in [-0.05, 0) is 24.3 Å². The van der Waals surface area contributed by atoms with E-state index < -0.39 is 15.3 Å². The first-order valence-electron chi connectivity index (χ1n) is 7.62. The maximum Gasteiger partial charge on any atom is 0.253 e. The molecule has 0 aromatic heterocycles. The highest BCUT2D eigenvalue weighted by atomic mass is 32.2. The van der Waals surface area contributed by atoms with Crippen LogP contribution in [0.5, 0.6) is 0 Å². The third-order valence-corrected chi connectivity index (χ3v) is 7.22. The van der Waals surface area contributed by atoms with Crippen LogP contribution in [0.25, 0.3) is 0 Å². The highest BCUT2D eigenvalue weighted by Gasteiger charge is 2.49. The van der Waals surface area contributed by atoms with E-state index in [1.54, 1.807) is 37.8 Å². The Labute approximate surface area is 145 Å². The van der Waals surface area contributed by atoms with Crippen LogP contribution in [0.3, 0.4) is 0 Å². The number of benzene rings is 1. The average molecular weight is 370 g/mol. The highest BCUT2D eigenvalue weighted by molar-refractivity contribution is 8.16. The molecule has 0 spiro atoms. The van der Waals surface area contributed by atoms with Crippen molar-refractivity contribution in [2.75, 3.05) is 16.4 Å². The van der Waals surface area contributed by atoms with E-state index in [9.17, 15) is 17.6 Å². The smallest absolute Gasteiger partial charge is 0.253 e. The van der Waals surface area contributed by atoms with E-state index in [-0.39, 0.29) is 34.5 Å². The Balaban J connectivity index is 2.01. The SMILES string of the molecule is CC(C)(C)C(=O)N=C1S[C@H]2CS(=O)(=O)C[C@@H]2N1c1ccc(F)cc1. The van der Waals surface area contributed by atoms with Gasteiger partial charge in [0, 0.05) is 16.4 Å². The molecule has 1 amide bonds. The van der Waals surface area contributed by atoms with Crippen molar-refractivity contribution in [2.24, 2.45) is 10.4 Å². The normalized spacial score (nSPS) is 27.5. The standard InChI is InChI=1S/C16H19FN2O3S2/c1-16(2,3)14(20)18-15-19(11-6-4-10(17)5-7-11)12-8-24(21,22)9-13(12)23-15/h4-7,12-13H,8-9H2,1-3H3/t12-,13-/m0/s1. The largest absolute Gasteiger partial charge is 0.316 e. The number of anilines is 1. The van der Waals surface area contributed by atoms with Crippen molar-refractivity contribution in [2.45, 2.75) is 32.1 Å². The van der Waals surface area contributed by atoms with E-state index in [1.807, 2.05) is 0 Å². The summed E-state index contributed by atoms with van der Waals surface area (Å²) in [6, 6.07) is 5.53. The zero-order valence-corrected chi connectivity index (χ0v) is 15.3. The van der Waals surface area contributed by atoms with Crippen molar-refractivity contribution in [3.05, 3.63) is 30.1 Å². The Morgan fingerprint density at radius 2 is 1.88 bits per heavy atom. The number of amides is 1. The summed E-state index contributed by atoms with van der Waals surface area (Å²) >= 11 is 1.32. The summed E-state index contributed by atoms with van der Waals surface area (Å²) in [6.07, 6.45) is 0. The van der Waals surface area contributed by atoms with Crippen LogP contribution in [-0.2, 0) is 14.6 Å². The molecule has 0 unspecified atom stereocenters. The zero-order valence-electron chi connectivity index (χ0n) is 13.7. The number of amidine groups is 1. The number of rotatable bonds is 1. The van der Waals surface area contributed by atoms with Gasteiger partial charge >= 0.3 is 0 Å². The van der Waals surface area contributed by atoms with Gasteiger partial charge in [0.05, 0.1) is 17.5 Å². The number of thioether (sulfide) groups is 1. The molecule has 130 valence electrons. The summed E-state index contributed by atoms with van der Waals surface area (Å²) < 4.78 is 37.1. The van der Waals surface area contributed by atoms with Gasteiger partial charge in [-0.15, -0.1) is 0 Å². The fourth-order valence-corrected chi connectivity index (χ4v) is 6.63. The highest BCUT2D eigenvalue weighted by Crippen LogP contribution is 2.41. The molecule has 0 N–H and O–H groups in total. The van der Waals surface area contributed by atoms with Crippen LogP contribution in [0.1, 0.15) is 20.8 Å². The number of halogens is 1. The van der Waals surface area contributed by atoms with Crippen molar-refractivity contribution in [3.8, 4) is 0 Å². The maximum absolute atomic E-state index is 13.2. The van der Waals surface area contributed by atoms with E-state index >= 15 is 0 Å². The number of fused-ring (bicyclic) bond motifs is 1. The second-order valence-electron chi connectivity index (χ2n) is 7.10. The Hall–Kier alpha value is -1.41. The Morgan fingerprint density at radius 1 is 1.25 bits per heavy atom. The molecule has 24 heavy (non-hydrogen) atoms. The van der Waals surface area contributed by atoms with Gasteiger partial charge in [0.2, 0.25) is 0 Å². The van der Waals surface area contributed by atoms with Gasteiger partial charge in [-0.2, -0.15) is 4.99 Å². The third-order valence-electron chi connectivity index (χ3n) is 4.01. The zero-order chi connectivity index (χ0) is 17.7. The molecule has 0 saturated carbocycles. The first-order chi connectivity index (χ1) is 11.1. The molecule has 5 nitrogen and oxygen atoms in total. The van der Waals surface area contributed by atoms with E-state index in [2.05, 4.69) is 4.99 Å². The molecule has 1 aromatic carbocycles. The molecular weight excluding hydrogens is 351 g/mol. The molecular formula is C16H19FN2O3S2. The van der Waals surface area contributed by atoms with Gasteiger partial charge in [0.15, 0.2) is 15.0 Å². The van der Waals surface area contributed by atoms with Crippen LogP contribution in [0.15, 0.2) is 29.3 Å². The van der Waals surface area contributed by atoms with E-state index in [4.69, 9.17) is 0 Å². The Morgan fingerprint density at radius 3 is 2.46 bits per heavy atom. The molecule has 2 aliphatic heterocycles. The molecule has 2 atom stereocenters. The predicted octanol–water partition coefficient (Wildman–Crippen LogP) is 2.47. The maximum atomic E-state index is 13.2. The van der Waals surface area contributed by atoms with Gasteiger partial charge < -0.3 is 4.90 Å². The molecule has 2 heterocycles. The fourth-order valence-electron chi connectivity index (χ4n) is 2.72. The fraction of sp³-hybridized carbons (Fsp3) is 0.500. The summed E-state index contributed by atoms with van der Waals surface area (Å²) in [5.74, 6) is -0.543. The van der Waals surface area contributed by atoms with Gasteiger partial charge in [-0.3, -0.25) is 4.79 Å². The number of carbonyl (C=O) groups is 1. The second kappa shape index (κ2) is 5.84. The van der Waals surface area contributed by atoms with Crippen molar-refractivity contribution in [3.63, 3.8) is 0 Å². The van der Waals surface area contributed by atoms with Crippen molar-refractivity contribution < 1.29 is 17.6 Å². The lowest BCUT2D eigenvalue weighted by Crippen LogP contribution is -2.38. The van der Waals surface area contributed by atoms with Crippen LogP contribution < -0.4 is 4.90 Å².